The molecule has 2 aromatic rings. The summed E-state index contributed by atoms with van der Waals surface area (Å²) in [6, 6.07) is 1.69. The Balaban J connectivity index is 2.95. The standard InChI is InChI=1S/C5H5N5/c6-3-1-2-7-5-4(3)8-10-9-5/h1-2H,(H3,6,7,8,9,10). The molecule has 50 valence electrons. The molecule has 0 spiro atoms. The highest BCUT2D eigenvalue weighted by atomic mass is 15.3. The van der Waals surface area contributed by atoms with Crippen molar-refractivity contribution >= 4 is 16.9 Å². The first-order valence-electron chi connectivity index (χ1n) is 2.79. The summed E-state index contributed by atoms with van der Waals surface area (Å²) in [5.41, 5.74) is 7.32. The maximum Gasteiger partial charge on any atom is 0.203 e. The Bertz CT molecular complexity index is 352. The van der Waals surface area contributed by atoms with E-state index in [-0.39, 0.29) is 0 Å². The third-order valence-electron chi connectivity index (χ3n) is 1.25. The molecule has 0 radical (unpaired) electrons. The number of H-pyrrole nitrogens is 1. The molecule has 0 bridgehead atoms. The molecule has 0 unspecified atom stereocenters. The van der Waals surface area contributed by atoms with E-state index in [9.17, 15) is 0 Å². The maximum atomic E-state index is 5.54. The average Bonchev–Trinajstić information content (AvgIpc) is 2.36. The lowest BCUT2D eigenvalue weighted by Gasteiger charge is -1.87. The lowest BCUT2D eigenvalue weighted by Crippen LogP contribution is -1.86. The van der Waals surface area contributed by atoms with Gasteiger partial charge in [0.1, 0.15) is 0 Å². The van der Waals surface area contributed by atoms with E-state index in [1.807, 2.05) is 0 Å². The molecule has 0 fully saturated rings. The first-order valence-corrected chi connectivity index (χ1v) is 2.79. The molecule has 10 heavy (non-hydrogen) atoms. The third kappa shape index (κ3) is 0.540. The first kappa shape index (κ1) is 5.16. The second-order valence-electron chi connectivity index (χ2n) is 1.90. The molecule has 5 heteroatoms. The first-order chi connectivity index (χ1) is 4.88. The maximum absolute atomic E-state index is 5.54. The zero-order valence-electron chi connectivity index (χ0n) is 5.07. The predicted molar refractivity (Wildman–Crippen MR) is 36.1 cm³/mol. The van der Waals surface area contributed by atoms with E-state index in [1.165, 1.54) is 0 Å². The van der Waals surface area contributed by atoms with Crippen LogP contribution < -0.4 is 5.73 Å². The van der Waals surface area contributed by atoms with Gasteiger partial charge in [0.15, 0.2) is 5.52 Å². The fourth-order valence-corrected chi connectivity index (χ4v) is 0.776. The van der Waals surface area contributed by atoms with Gasteiger partial charge >= 0.3 is 0 Å². The number of nitrogens with two attached hydrogens (primary N) is 1. The Morgan fingerprint density at radius 2 is 2.30 bits per heavy atom. The molecule has 2 aromatic heterocycles. The molecule has 0 saturated heterocycles. The molecule has 3 N–H and O–H groups in total. The van der Waals surface area contributed by atoms with Crippen LogP contribution in [0.4, 0.5) is 5.69 Å². The number of nitrogens with zero attached hydrogens (tertiary/aromatic N) is 3. The summed E-state index contributed by atoms with van der Waals surface area (Å²) in [4.78, 5) is 3.92. The Kier molecular flexibility index (Phi) is 0.858. The number of anilines is 1. The average molecular weight is 135 g/mol. The molecule has 0 aliphatic rings. The summed E-state index contributed by atoms with van der Waals surface area (Å²) in [6.45, 7) is 0. The van der Waals surface area contributed by atoms with Crippen LogP contribution in [-0.2, 0) is 0 Å². The Morgan fingerprint density at radius 3 is 3.10 bits per heavy atom. The van der Waals surface area contributed by atoms with Crippen LogP contribution in [0.3, 0.4) is 0 Å². The molecule has 2 rings (SSSR count). The quantitative estimate of drug-likeness (QED) is 0.530. The molecule has 0 aromatic carbocycles. The van der Waals surface area contributed by atoms with Crippen LogP contribution in [-0.4, -0.2) is 20.4 Å². The van der Waals surface area contributed by atoms with Crippen LogP contribution in [0.1, 0.15) is 0 Å². The Labute approximate surface area is 56.3 Å². The van der Waals surface area contributed by atoms with E-state index in [4.69, 9.17) is 5.73 Å². The molecule has 0 atom stereocenters. The van der Waals surface area contributed by atoms with Gasteiger partial charge < -0.3 is 5.73 Å². The van der Waals surface area contributed by atoms with Gasteiger partial charge in [-0.2, -0.15) is 10.3 Å². The number of fused-ring (bicyclic) bond motifs is 1. The molecule has 5 nitrogen and oxygen atoms in total. The largest absolute Gasteiger partial charge is 0.397 e. The second-order valence-corrected chi connectivity index (χ2v) is 1.90. The van der Waals surface area contributed by atoms with E-state index in [1.54, 1.807) is 12.3 Å². The van der Waals surface area contributed by atoms with Gasteiger partial charge in [0.05, 0.1) is 5.69 Å². The highest BCUT2D eigenvalue weighted by molar-refractivity contribution is 5.82. The van der Waals surface area contributed by atoms with E-state index in [0.29, 0.717) is 16.9 Å². The fraction of sp³-hybridized carbons (Fsp3) is 0. The van der Waals surface area contributed by atoms with Crippen molar-refractivity contribution in [1.82, 2.24) is 20.4 Å². The van der Waals surface area contributed by atoms with Crippen molar-refractivity contribution < 1.29 is 0 Å². The van der Waals surface area contributed by atoms with Crippen molar-refractivity contribution in [1.29, 1.82) is 0 Å². The number of aromatic amines is 1. The Hall–Kier alpha value is -1.65. The number of pyridine rings is 1. The van der Waals surface area contributed by atoms with Gasteiger partial charge in [-0.15, -0.1) is 5.10 Å². The van der Waals surface area contributed by atoms with Gasteiger partial charge in [-0.05, 0) is 6.07 Å². The zero-order chi connectivity index (χ0) is 6.97. The summed E-state index contributed by atoms with van der Waals surface area (Å²) < 4.78 is 0. The molecular formula is C5H5N5. The summed E-state index contributed by atoms with van der Waals surface area (Å²) in [6.07, 6.45) is 1.60. The normalized spacial score (nSPS) is 10.4. The third-order valence-corrected chi connectivity index (χ3v) is 1.25. The van der Waals surface area contributed by atoms with Crippen molar-refractivity contribution in [2.24, 2.45) is 0 Å². The van der Waals surface area contributed by atoms with Gasteiger partial charge in [0, 0.05) is 6.20 Å². The highest BCUT2D eigenvalue weighted by Crippen LogP contribution is 2.11. The van der Waals surface area contributed by atoms with E-state index in [0.717, 1.165) is 0 Å². The topological polar surface area (TPSA) is 80.5 Å². The number of nitrogen functional groups attached to an aromatic ring is 1. The van der Waals surface area contributed by atoms with Gasteiger partial charge in [-0.25, -0.2) is 4.98 Å². The van der Waals surface area contributed by atoms with Crippen molar-refractivity contribution in [3.8, 4) is 0 Å². The highest BCUT2D eigenvalue weighted by Gasteiger charge is 1.99. The summed E-state index contributed by atoms with van der Waals surface area (Å²) in [5, 5.41) is 9.98. The summed E-state index contributed by atoms with van der Waals surface area (Å²) in [7, 11) is 0. The lowest BCUT2D eigenvalue weighted by molar-refractivity contribution is 0.955. The molecule has 0 aliphatic carbocycles. The summed E-state index contributed by atoms with van der Waals surface area (Å²) in [5.74, 6) is 0. The van der Waals surface area contributed by atoms with E-state index in [2.05, 4.69) is 20.4 Å². The van der Waals surface area contributed by atoms with E-state index < -0.39 is 0 Å². The van der Waals surface area contributed by atoms with Gasteiger partial charge in [0.2, 0.25) is 5.65 Å². The number of nitrogens with one attached hydrogen (secondary N) is 1. The van der Waals surface area contributed by atoms with Gasteiger partial charge in [0.25, 0.3) is 0 Å². The van der Waals surface area contributed by atoms with Crippen LogP contribution in [0.25, 0.3) is 11.2 Å². The monoisotopic (exact) mass is 135 g/mol. The lowest BCUT2D eigenvalue weighted by atomic mass is 10.4. The van der Waals surface area contributed by atoms with Crippen molar-refractivity contribution in [3.05, 3.63) is 12.3 Å². The minimum Gasteiger partial charge on any atom is -0.397 e. The number of aromatic nitrogens is 4. The van der Waals surface area contributed by atoms with Crippen molar-refractivity contribution in [3.63, 3.8) is 0 Å². The SMILES string of the molecule is Nc1ccnc2n[nH]nc12. The number of rotatable bonds is 0. The smallest absolute Gasteiger partial charge is 0.203 e. The molecule has 0 saturated carbocycles. The van der Waals surface area contributed by atoms with Crippen LogP contribution in [0.2, 0.25) is 0 Å². The zero-order valence-corrected chi connectivity index (χ0v) is 5.07. The minimum atomic E-state index is 0.556. The fourth-order valence-electron chi connectivity index (χ4n) is 0.776. The molecular weight excluding hydrogens is 130 g/mol. The second kappa shape index (κ2) is 1.66. The van der Waals surface area contributed by atoms with Gasteiger partial charge in [-0.3, -0.25) is 0 Å². The van der Waals surface area contributed by atoms with Crippen LogP contribution >= 0.6 is 0 Å². The van der Waals surface area contributed by atoms with Crippen LogP contribution in [0.15, 0.2) is 12.3 Å². The van der Waals surface area contributed by atoms with Gasteiger partial charge in [-0.1, -0.05) is 0 Å². The Morgan fingerprint density at radius 1 is 1.40 bits per heavy atom. The molecule has 0 aliphatic heterocycles. The van der Waals surface area contributed by atoms with E-state index >= 15 is 0 Å². The summed E-state index contributed by atoms with van der Waals surface area (Å²) >= 11 is 0. The van der Waals surface area contributed by atoms with Crippen molar-refractivity contribution in [2.45, 2.75) is 0 Å². The van der Waals surface area contributed by atoms with Crippen LogP contribution in [0, 0.1) is 0 Å². The minimum absolute atomic E-state index is 0.556. The molecule has 2 heterocycles. The number of hydrogen-bond donors (Lipinski definition) is 2. The van der Waals surface area contributed by atoms with Crippen molar-refractivity contribution in [2.75, 3.05) is 5.73 Å². The molecule has 0 amide bonds. The van der Waals surface area contributed by atoms with Crippen LogP contribution in [0.5, 0.6) is 0 Å². The predicted octanol–water partition coefficient (Wildman–Crippen LogP) is -0.0649. The number of hydrogen-bond acceptors (Lipinski definition) is 4.